The van der Waals surface area contributed by atoms with Crippen LogP contribution in [-0.2, 0) is 0 Å². The molecule has 0 amide bonds. The number of nitrogens with zero attached hydrogens (tertiary/aromatic N) is 3. The van der Waals surface area contributed by atoms with E-state index in [0.717, 1.165) is 11.3 Å². The highest BCUT2D eigenvalue weighted by molar-refractivity contribution is 5.62. The molecule has 0 aliphatic rings. The maximum Gasteiger partial charge on any atom is 0.232 e. The number of aryl methyl sites for hydroxylation is 2. The zero-order valence-electron chi connectivity index (χ0n) is 13.5. The van der Waals surface area contributed by atoms with Crippen molar-refractivity contribution in [2.24, 2.45) is 0 Å². The normalized spacial score (nSPS) is 10.6. The van der Waals surface area contributed by atoms with Gasteiger partial charge in [0.05, 0.1) is 0 Å². The first kappa shape index (κ1) is 15.0. The van der Waals surface area contributed by atoms with Crippen molar-refractivity contribution in [1.29, 1.82) is 0 Å². The summed E-state index contributed by atoms with van der Waals surface area (Å²) >= 11 is 0. The Balaban J connectivity index is 1.96. The number of aromatic nitrogens is 3. The van der Waals surface area contributed by atoms with Gasteiger partial charge in [0.1, 0.15) is 0 Å². The summed E-state index contributed by atoms with van der Waals surface area (Å²) in [6, 6.07) is 13.9. The Kier molecular flexibility index (Phi) is 3.93. The van der Waals surface area contributed by atoms with Crippen molar-refractivity contribution in [2.75, 3.05) is 11.1 Å². The van der Waals surface area contributed by atoms with Crippen molar-refractivity contribution in [1.82, 2.24) is 15.0 Å². The van der Waals surface area contributed by atoms with Crippen molar-refractivity contribution >= 4 is 17.6 Å². The molecule has 0 unspecified atom stereocenters. The molecule has 3 N–H and O–H groups in total. The highest BCUT2D eigenvalue weighted by Crippen LogP contribution is 2.23. The highest BCUT2D eigenvalue weighted by Gasteiger charge is 2.08. The van der Waals surface area contributed by atoms with E-state index >= 15 is 0 Å². The van der Waals surface area contributed by atoms with Gasteiger partial charge < -0.3 is 11.1 Å². The van der Waals surface area contributed by atoms with Crippen LogP contribution in [0.5, 0.6) is 0 Å². The standard InChI is InChI=1S/C18H19N5/c1-11-9-15(10-12(2)13(11)3)20-18-22-16(21-17(19)23-18)14-7-5-4-6-8-14/h4-10H,1-3H3,(H3,19,20,21,22,23). The average Bonchev–Trinajstić information content (AvgIpc) is 2.53. The zero-order valence-corrected chi connectivity index (χ0v) is 13.5. The third-order valence-corrected chi connectivity index (χ3v) is 3.87. The maximum atomic E-state index is 5.83. The molecule has 0 radical (unpaired) electrons. The van der Waals surface area contributed by atoms with Gasteiger partial charge in [-0.15, -0.1) is 0 Å². The van der Waals surface area contributed by atoms with Gasteiger partial charge in [-0.3, -0.25) is 0 Å². The molecule has 3 rings (SSSR count). The van der Waals surface area contributed by atoms with Crippen LogP contribution in [0.3, 0.4) is 0 Å². The van der Waals surface area contributed by atoms with E-state index in [1.165, 1.54) is 16.7 Å². The molecule has 0 saturated heterocycles. The Morgan fingerprint density at radius 1 is 0.870 bits per heavy atom. The van der Waals surface area contributed by atoms with E-state index in [1.54, 1.807) is 0 Å². The van der Waals surface area contributed by atoms with Gasteiger partial charge in [0.15, 0.2) is 5.82 Å². The quantitative estimate of drug-likeness (QED) is 0.770. The van der Waals surface area contributed by atoms with Crippen LogP contribution in [0.25, 0.3) is 11.4 Å². The van der Waals surface area contributed by atoms with Crippen LogP contribution in [0.2, 0.25) is 0 Å². The third-order valence-electron chi connectivity index (χ3n) is 3.87. The van der Waals surface area contributed by atoms with E-state index in [9.17, 15) is 0 Å². The Bertz CT molecular complexity index is 820. The Morgan fingerprint density at radius 3 is 2.17 bits per heavy atom. The van der Waals surface area contributed by atoms with Gasteiger partial charge >= 0.3 is 0 Å². The van der Waals surface area contributed by atoms with Crippen molar-refractivity contribution in [3.05, 3.63) is 59.2 Å². The average molecular weight is 305 g/mol. The number of nitrogens with two attached hydrogens (primary N) is 1. The minimum absolute atomic E-state index is 0.196. The van der Waals surface area contributed by atoms with Crippen LogP contribution >= 0.6 is 0 Å². The van der Waals surface area contributed by atoms with Gasteiger partial charge in [0.25, 0.3) is 0 Å². The molecule has 3 aromatic rings. The first-order valence-electron chi connectivity index (χ1n) is 7.45. The largest absolute Gasteiger partial charge is 0.368 e. The number of hydrogen-bond donors (Lipinski definition) is 2. The predicted octanol–water partition coefficient (Wildman–Crippen LogP) is 3.79. The van der Waals surface area contributed by atoms with Crippen molar-refractivity contribution in [3.8, 4) is 11.4 Å². The van der Waals surface area contributed by atoms with Crippen LogP contribution < -0.4 is 11.1 Å². The first-order valence-corrected chi connectivity index (χ1v) is 7.45. The summed E-state index contributed by atoms with van der Waals surface area (Å²) in [5.74, 6) is 1.20. The lowest BCUT2D eigenvalue weighted by Gasteiger charge is -2.11. The second-order valence-electron chi connectivity index (χ2n) is 5.57. The monoisotopic (exact) mass is 305 g/mol. The summed E-state index contributed by atoms with van der Waals surface area (Å²) in [5, 5.41) is 3.22. The molecule has 0 atom stereocenters. The van der Waals surface area contributed by atoms with E-state index in [2.05, 4.69) is 53.2 Å². The molecule has 0 spiro atoms. The summed E-state index contributed by atoms with van der Waals surface area (Å²) in [7, 11) is 0. The second-order valence-corrected chi connectivity index (χ2v) is 5.57. The maximum absolute atomic E-state index is 5.83. The molecule has 116 valence electrons. The van der Waals surface area contributed by atoms with Crippen LogP contribution in [0, 0.1) is 20.8 Å². The topological polar surface area (TPSA) is 76.7 Å². The minimum Gasteiger partial charge on any atom is -0.368 e. The van der Waals surface area contributed by atoms with Crippen LogP contribution in [0.15, 0.2) is 42.5 Å². The molecule has 0 bridgehead atoms. The summed E-state index contributed by atoms with van der Waals surface area (Å²) in [6.45, 7) is 6.29. The highest BCUT2D eigenvalue weighted by atomic mass is 15.2. The lowest BCUT2D eigenvalue weighted by atomic mass is 10.0. The number of nitrogen functional groups attached to an aromatic ring is 1. The van der Waals surface area contributed by atoms with Crippen molar-refractivity contribution in [2.45, 2.75) is 20.8 Å². The molecular formula is C18H19N5. The van der Waals surface area contributed by atoms with Gasteiger partial charge in [0, 0.05) is 11.3 Å². The molecular weight excluding hydrogens is 286 g/mol. The van der Waals surface area contributed by atoms with Crippen LogP contribution in [0.4, 0.5) is 17.6 Å². The van der Waals surface area contributed by atoms with Gasteiger partial charge in [0.2, 0.25) is 11.9 Å². The van der Waals surface area contributed by atoms with Gasteiger partial charge in [-0.2, -0.15) is 15.0 Å². The fourth-order valence-corrected chi connectivity index (χ4v) is 2.40. The molecule has 5 nitrogen and oxygen atoms in total. The van der Waals surface area contributed by atoms with E-state index in [-0.39, 0.29) is 5.95 Å². The fourth-order valence-electron chi connectivity index (χ4n) is 2.40. The Morgan fingerprint density at radius 2 is 1.52 bits per heavy atom. The lowest BCUT2D eigenvalue weighted by Crippen LogP contribution is -2.05. The summed E-state index contributed by atoms with van der Waals surface area (Å²) < 4.78 is 0. The predicted molar refractivity (Wildman–Crippen MR) is 93.6 cm³/mol. The third kappa shape index (κ3) is 3.29. The van der Waals surface area contributed by atoms with Crippen LogP contribution in [0.1, 0.15) is 16.7 Å². The SMILES string of the molecule is Cc1cc(Nc2nc(N)nc(-c3ccccc3)n2)cc(C)c1C. The Labute approximate surface area is 135 Å². The van der Waals surface area contributed by atoms with Crippen molar-refractivity contribution in [3.63, 3.8) is 0 Å². The first-order chi connectivity index (χ1) is 11.0. The van der Waals surface area contributed by atoms with Crippen LogP contribution in [-0.4, -0.2) is 15.0 Å². The minimum atomic E-state index is 0.196. The number of nitrogens with one attached hydrogen (secondary N) is 1. The molecule has 0 saturated carbocycles. The summed E-state index contributed by atoms with van der Waals surface area (Å²) in [5.41, 5.74) is 11.4. The number of anilines is 3. The molecule has 0 aliphatic carbocycles. The molecule has 23 heavy (non-hydrogen) atoms. The molecule has 0 aliphatic heterocycles. The smallest absolute Gasteiger partial charge is 0.232 e. The summed E-state index contributed by atoms with van der Waals surface area (Å²) in [4.78, 5) is 12.9. The number of rotatable bonds is 3. The Hall–Kier alpha value is -2.95. The zero-order chi connectivity index (χ0) is 16.4. The molecule has 1 aromatic heterocycles. The lowest BCUT2D eigenvalue weighted by molar-refractivity contribution is 1.08. The van der Waals surface area contributed by atoms with E-state index in [0.29, 0.717) is 11.8 Å². The molecule has 0 fully saturated rings. The van der Waals surface area contributed by atoms with E-state index in [1.807, 2.05) is 30.3 Å². The second kappa shape index (κ2) is 6.04. The van der Waals surface area contributed by atoms with Gasteiger partial charge in [-0.05, 0) is 49.6 Å². The fraction of sp³-hybridized carbons (Fsp3) is 0.167. The van der Waals surface area contributed by atoms with E-state index < -0.39 is 0 Å². The summed E-state index contributed by atoms with van der Waals surface area (Å²) in [6.07, 6.45) is 0. The molecule has 1 heterocycles. The molecule has 2 aromatic carbocycles. The van der Waals surface area contributed by atoms with Crippen molar-refractivity contribution < 1.29 is 0 Å². The molecule has 5 heteroatoms. The number of benzene rings is 2. The van der Waals surface area contributed by atoms with Gasteiger partial charge in [-0.25, -0.2) is 0 Å². The number of hydrogen-bond acceptors (Lipinski definition) is 5. The van der Waals surface area contributed by atoms with Gasteiger partial charge in [-0.1, -0.05) is 30.3 Å². The van der Waals surface area contributed by atoms with E-state index in [4.69, 9.17) is 5.73 Å².